The molecule has 1 fully saturated rings. The van der Waals surface area contributed by atoms with Crippen LogP contribution in [-0.4, -0.2) is 52.8 Å². The monoisotopic (exact) mass is 329 g/mol. The van der Waals surface area contributed by atoms with Gasteiger partial charge in [0.05, 0.1) is 0 Å². The van der Waals surface area contributed by atoms with E-state index in [0.29, 0.717) is 38.3 Å². The smallest absolute Gasteiger partial charge is 0.272 e. The molecule has 0 bridgehead atoms. The minimum absolute atomic E-state index is 0.0590. The fourth-order valence-corrected chi connectivity index (χ4v) is 3.36. The van der Waals surface area contributed by atoms with Gasteiger partial charge in [-0.15, -0.1) is 11.3 Å². The van der Waals surface area contributed by atoms with E-state index >= 15 is 0 Å². The van der Waals surface area contributed by atoms with Gasteiger partial charge in [-0.25, -0.2) is 0 Å². The fourth-order valence-electron chi connectivity index (χ4n) is 2.65. The average molecular weight is 329 g/mol. The number of hydrogen-bond acceptors (Lipinski definition) is 4. The van der Waals surface area contributed by atoms with E-state index in [4.69, 9.17) is 0 Å². The quantitative estimate of drug-likeness (QED) is 0.863. The Morgan fingerprint density at radius 2 is 1.83 bits per heavy atom. The first-order valence-electron chi connectivity index (χ1n) is 7.74. The maximum atomic E-state index is 12.3. The molecule has 2 amide bonds. The molecule has 3 rings (SSSR count). The van der Waals surface area contributed by atoms with E-state index in [1.54, 1.807) is 34.6 Å². The van der Waals surface area contributed by atoms with Gasteiger partial charge in [-0.05, 0) is 30.0 Å². The van der Waals surface area contributed by atoms with Crippen LogP contribution in [0.2, 0.25) is 0 Å². The number of thiophene rings is 1. The third-order valence-corrected chi connectivity index (χ3v) is 4.91. The molecular weight excluding hydrogens is 310 g/mol. The van der Waals surface area contributed by atoms with Crippen LogP contribution in [0.1, 0.15) is 21.8 Å². The van der Waals surface area contributed by atoms with Crippen LogP contribution in [0.4, 0.5) is 0 Å². The second-order valence-electron chi connectivity index (χ2n) is 5.47. The van der Waals surface area contributed by atoms with Crippen molar-refractivity contribution in [1.29, 1.82) is 0 Å². The lowest BCUT2D eigenvalue weighted by Crippen LogP contribution is -2.50. The number of nitrogens with zero attached hydrogens (tertiary/aromatic N) is 3. The molecule has 3 heterocycles. The Hall–Kier alpha value is -2.21. The summed E-state index contributed by atoms with van der Waals surface area (Å²) < 4.78 is 0. The summed E-state index contributed by atoms with van der Waals surface area (Å²) in [6.45, 7) is 2.34. The summed E-state index contributed by atoms with van der Waals surface area (Å²) in [5.74, 6) is 0.111. The molecule has 1 saturated heterocycles. The van der Waals surface area contributed by atoms with Gasteiger partial charge in [0.2, 0.25) is 5.91 Å². The molecule has 0 radical (unpaired) electrons. The molecule has 6 heteroatoms. The van der Waals surface area contributed by atoms with Gasteiger partial charge in [0.25, 0.3) is 5.91 Å². The lowest BCUT2D eigenvalue weighted by molar-refractivity contribution is -0.132. The van der Waals surface area contributed by atoms with E-state index in [-0.39, 0.29) is 11.8 Å². The van der Waals surface area contributed by atoms with Crippen molar-refractivity contribution in [3.05, 3.63) is 52.5 Å². The summed E-state index contributed by atoms with van der Waals surface area (Å²) in [6.07, 6.45) is 2.95. The Morgan fingerprint density at radius 3 is 2.48 bits per heavy atom. The zero-order valence-electron chi connectivity index (χ0n) is 12.9. The van der Waals surface area contributed by atoms with E-state index in [1.165, 1.54) is 4.88 Å². The number of hydrogen-bond donors (Lipinski definition) is 0. The number of amides is 2. The molecule has 5 nitrogen and oxygen atoms in total. The van der Waals surface area contributed by atoms with Gasteiger partial charge in [0.15, 0.2) is 0 Å². The van der Waals surface area contributed by atoms with E-state index in [9.17, 15) is 9.59 Å². The maximum absolute atomic E-state index is 12.3. The van der Waals surface area contributed by atoms with E-state index < -0.39 is 0 Å². The highest BCUT2D eigenvalue weighted by Gasteiger charge is 2.25. The second-order valence-corrected chi connectivity index (χ2v) is 6.50. The van der Waals surface area contributed by atoms with Crippen LogP contribution < -0.4 is 0 Å². The van der Waals surface area contributed by atoms with Crippen molar-refractivity contribution >= 4 is 23.2 Å². The van der Waals surface area contributed by atoms with Crippen molar-refractivity contribution in [1.82, 2.24) is 14.8 Å². The van der Waals surface area contributed by atoms with Crippen LogP contribution in [0.3, 0.4) is 0 Å². The summed E-state index contributed by atoms with van der Waals surface area (Å²) in [5, 5.41) is 2.03. The SMILES string of the molecule is O=C(CCc1cccs1)N1CCN(C(=O)c2ccccn2)CC1. The normalized spacial score (nSPS) is 14.8. The van der Waals surface area contributed by atoms with Crippen LogP contribution in [0.5, 0.6) is 0 Å². The van der Waals surface area contributed by atoms with E-state index in [2.05, 4.69) is 11.1 Å². The first kappa shape index (κ1) is 15.7. The molecule has 0 aromatic carbocycles. The summed E-state index contributed by atoms with van der Waals surface area (Å²) in [7, 11) is 0. The molecule has 1 aliphatic heterocycles. The third kappa shape index (κ3) is 3.96. The molecule has 0 atom stereocenters. The van der Waals surface area contributed by atoms with Gasteiger partial charge in [-0.1, -0.05) is 12.1 Å². The number of aryl methyl sites for hydroxylation is 1. The van der Waals surface area contributed by atoms with Crippen molar-refractivity contribution in [2.45, 2.75) is 12.8 Å². The Balaban J connectivity index is 1.48. The number of carbonyl (C=O) groups is 2. The van der Waals surface area contributed by atoms with E-state index in [1.807, 2.05) is 22.4 Å². The molecular formula is C17H19N3O2S. The minimum Gasteiger partial charge on any atom is -0.339 e. The molecule has 120 valence electrons. The number of pyridine rings is 1. The van der Waals surface area contributed by atoms with Gasteiger partial charge >= 0.3 is 0 Å². The lowest BCUT2D eigenvalue weighted by atomic mass is 10.2. The first-order valence-corrected chi connectivity index (χ1v) is 8.62. The Kier molecular flexibility index (Phi) is 5.02. The third-order valence-electron chi connectivity index (χ3n) is 3.97. The summed E-state index contributed by atoms with van der Waals surface area (Å²) >= 11 is 1.68. The van der Waals surface area contributed by atoms with Crippen molar-refractivity contribution in [2.75, 3.05) is 26.2 Å². The van der Waals surface area contributed by atoms with Crippen molar-refractivity contribution in [3.63, 3.8) is 0 Å². The largest absolute Gasteiger partial charge is 0.339 e. The van der Waals surface area contributed by atoms with Gasteiger partial charge in [-0.3, -0.25) is 14.6 Å². The van der Waals surface area contributed by atoms with Gasteiger partial charge < -0.3 is 9.80 Å². The highest BCUT2D eigenvalue weighted by atomic mass is 32.1. The van der Waals surface area contributed by atoms with Crippen LogP contribution in [0.25, 0.3) is 0 Å². The highest BCUT2D eigenvalue weighted by molar-refractivity contribution is 7.09. The van der Waals surface area contributed by atoms with Crippen LogP contribution in [0.15, 0.2) is 41.9 Å². The van der Waals surface area contributed by atoms with Crippen molar-refractivity contribution < 1.29 is 9.59 Å². The zero-order chi connectivity index (χ0) is 16.1. The Bertz CT molecular complexity index is 650. The van der Waals surface area contributed by atoms with Crippen LogP contribution >= 0.6 is 11.3 Å². The van der Waals surface area contributed by atoms with Gasteiger partial charge in [0.1, 0.15) is 5.69 Å². The molecule has 0 aliphatic carbocycles. The molecule has 2 aromatic rings. The first-order chi connectivity index (χ1) is 11.2. The highest BCUT2D eigenvalue weighted by Crippen LogP contribution is 2.13. The standard InChI is InChI=1S/C17H19N3O2S/c21-16(7-6-14-4-3-13-23-14)19-9-11-20(12-10-19)17(22)15-5-1-2-8-18-15/h1-5,8,13H,6-7,9-12H2. The fraction of sp³-hybridized carbons (Fsp3) is 0.353. The molecule has 2 aromatic heterocycles. The summed E-state index contributed by atoms with van der Waals surface area (Å²) in [6, 6.07) is 9.39. The predicted molar refractivity (Wildman–Crippen MR) is 89.4 cm³/mol. The molecule has 0 unspecified atom stereocenters. The molecule has 1 aliphatic rings. The number of piperazine rings is 1. The molecule has 0 spiro atoms. The number of rotatable bonds is 4. The predicted octanol–water partition coefficient (Wildman–Crippen LogP) is 2.06. The van der Waals surface area contributed by atoms with Crippen molar-refractivity contribution in [3.8, 4) is 0 Å². The zero-order valence-corrected chi connectivity index (χ0v) is 13.7. The van der Waals surface area contributed by atoms with Crippen molar-refractivity contribution in [2.24, 2.45) is 0 Å². The minimum atomic E-state index is -0.0590. The van der Waals surface area contributed by atoms with Crippen LogP contribution in [-0.2, 0) is 11.2 Å². The van der Waals surface area contributed by atoms with Gasteiger partial charge in [0, 0.05) is 43.7 Å². The van der Waals surface area contributed by atoms with Crippen LogP contribution in [0, 0.1) is 0 Å². The number of aromatic nitrogens is 1. The lowest BCUT2D eigenvalue weighted by Gasteiger charge is -2.34. The van der Waals surface area contributed by atoms with E-state index in [0.717, 1.165) is 6.42 Å². The van der Waals surface area contributed by atoms with Gasteiger partial charge in [-0.2, -0.15) is 0 Å². The average Bonchev–Trinajstić information content (AvgIpc) is 3.13. The number of carbonyl (C=O) groups excluding carboxylic acids is 2. The Morgan fingerprint density at radius 1 is 1.04 bits per heavy atom. The second kappa shape index (κ2) is 7.37. The topological polar surface area (TPSA) is 53.5 Å². The maximum Gasteiger partial charge on any atom is 0.272 e. The molecule has 23 heavy (non-hydrogen) atoms. The summed E-state index contributed by atoms with van der Waals surface area (Å²) in [4.78, 5) is 33.5. The molecule has 0 saturated carbocycles. The summed E-state index contributed by atoms with van der Waals surface area (Å²) in [5.41, 5.74) is 0.463. The molecule has 0 N–H and O–H groups in total. The Labute approximate surface area is 139 Å².